The van der Waals surface area contributed by atoms with E-state index < -0.39 is 0 Å². The van der Waals surface area contributed by atoms with Crippen molar-refractivity contribution >= 4 is 11.5 Å². The molecule has 92 valence electrons. The number of Topliss-reactive ketones (excluding diaryl/α,β-unsaturated/α-hetero) is 1. The number of nitrogens with zero attached hydrogens (tertiary/aromatic N) is 1. The lowest BCUT2D eigenvalue weighted by Crippen LogP contribution is -2.32. The average Bonchev–Trinajstić information content (AvgIpc) is 2.32. The fraction of sp³-hybridized carbons (Fsp3) is 0.533. The maximum Gasteiger partial charge on any atom is 0.137 e. The molecule has 1 aromatic rings. The van der Waals surface area contributed by atoms with E-state index in [2.05, 4.69) is 43.1 Å². The summed E-state index contributed by atoms with van der Waals surface area (Å²) in [4.78, 5) is 14.0. The van der Waals surface area contributed by atoms with E-state index in [1.165, 1.54) is 17.7 Å². The molecule has 0 bridgehead atoms. The van der Waals surface area contributed by atoms with E-state index in [0.717, 1.165) is 25.8 Å². The lowest BCUT2D eigenvalue weighted by Gasteiger charge is -2.27. The number of aryl methyl sites for hydroxylation is 1. The van der Waals surface area contributed by atoms with Crippen LogP contribution in [0.1, 0.15) is 31.2 Å². The molecule has 0 aliphatic heterocycles. The van der Waals surface area contributed by atoms with Crippen LogP contribution in [0, 0.1) is 12.8 Å². The van der Waals surface area contributed by atoms with Crippen molar-refractivity contribution in [2.24, 2.45) is 5.92 Å². The Morgan fingerprint density at radius 1 is 1.35 bits per heavy atom. The third-order valence-corrected chi connectivity index (χ3v) is 3.62. The second kappa shape index (κ2) is 5.35. The lowest BCUT2D eigenvalue weighted by atomic mass is 9.87. The summed E-state index contributed by atoms with van der Waals surface area (Å²) in [6, 6.07) is 8.46. The molecule has 0 aromatic heterocycles. The van der Waals surface area contributed by atoms with Crippen molar-refractivity contribution in [1.82, 2.24) is 0 Å². The predicted molar refractivity (Wildman–Crippen MR) is 71.4 cm³/mol. The van der Waals surface area contributed by atoms with E-state index in [-0.39, 0.29) is 5.92 Å². The van der Waals surface area contributed by atoms with Crippen LogP contribution in [0.4, 0.5) is 5.69 Å². The number of hydrogen-bond acceptors (Lipinski definition) is 2. The monoisotopic (exact) mass is 231 g/mol. The summed E-state index contributed by atoms with van der Waals surface area (Å²) in [5, 5.41) is 0. The zero-order chi connectivity index (χ0) is 12.3. The van der Waals surface area contributed by atoms with Gasteiger partial charge in [0.1, 0.15) is 5.78 Å². The third-order valence-electron chi connectivity index (χ3n) is 3.62. The van der Waals surface area contributed by atoms with Gasteiger partial charge in [-0.15, -0.1) is 0 Å². The van der Waals surface area contributed by atoms with E-state index >= 15 is 0 Å². The molecule has 0 heterocycles. The molecule has 1 atom stereocenters. The van der Waals surface area contributed by atoms with E-state index in [1.54, 1.807) is 0 Å². The van der Waals surface area contributed by atoms with Crippen LogP contribution in [0.15, 0.2) is 24.3 Å². The predicted octanol–water partition coefficient (Wildman–Crippen LogP) is 3.19. The first kappa shape index (κ1) is 12.2. The van der Waals surface area contributed by atoms with Crippen molar-refractivity contribution in [1.29, 1.82) is 0 Å². The van der Waals surface area contributed by atoms with Crippen molar-refractivity contribution in [3.63, 3.8) is 0 Å². The fourth-order valence-electron chi connectivity index (χ4n) is 2.55. The Bertz CT molecular complexity index is 400. The van der Waals surface area contributed by atoms with Gasteiger partial charge in [-0.05, 0) is 37.5 Å². The van der Waals surface area contributed by atoms with Gasteiger partial charge in [0.15, 0.2) is 0 Å². The molecule has 1 unspecified atom stereocenters. The highest BCUT2D eigenvalue weighted by atomic mass is 16.1. The van der Waals surface area contributed by atoms with Gasteiger partial charge < -0.3 is 4.90 Å². The van der Waals surface area contributed by atoms with Gasteiger partial charge >= 0.3 is 0 Å². The number of anilines is 1. The van der Waals surface area contributed by atoms with E-state index in [0.29, 0.717) is 5.78 Å². The SMILES string of the molecule is Cc1cccc(N(C)CC2CCCCC2=O)c1. The van der Waals surface area contributed by atoms with E-state index in [4.69, 9.17) is 0 Å². The first-order chi connectivity index (χ1) is 8.16. The van der Waals surface area contributed by atoms with Crippen molar-refractivity contribution in [3.05, 3.63) is 29.8 Å². The zero-order valence-electron chi connectivity index (χ0n) is 10.8. The van der Waals surface area contributed by atoms with Gasteiger partial charge in [-0.3, -0.25) is 4.79 Å². The van der Waals surface area contributed by atoms with Crippen LogP contribution in [0.25, 0.3) is 0 Å². The standard InChI is InChI=1S/C15H21NO/c1-12-6-5-8-14(10-12)16(2)11-13-7-3-4-9-15(13)17/h5-6,8,10,13H,3-4,7,9,11H2,1-2H3. The molecule has 2 nitrogen and oxygen atoms in total. The van der Waals surface area contributed by atoms with E-state index in [1.807, 2.05) is 0 Å². The van der Waals surface area contributed by atoms with Crippen LogP contribution >= 0.6 is 0 Å². The van der Waals surface area contributed by atoms with Crippen LogP contribution in [0.2, 0.25) is 0 Å². The Kier molecular flexibility index (Phi) is 3.82. The van der Waals surface area contributed by atoms with Gasteiger partial charge in [-0.25, -0.2) is 0 Å². The van der Waals surface area contributed by atoms with Crippen molar-refractivity contribution in [2.75, 3.05) is 18.5 Å². The number of ketones is 1. The highest BCUT2D eigenvalue weighted by Crippen LogP contribution is 2.23. The molecule has 0 radical (unpaired) electrons. The quantitative estimate of drug-likeness (QED) is 0.796. The van der Waals surface area contributed by atoms with Crippen LogP contribution in [-0.4, -0.2) is 19.4 Å². The van der Waals surface area contributed by atoms with Crippen LogP contribution in [-0.2, 0) is 4.79 Å². The van der Waals surface area contributed by atoms with Crippen molar-refractivity contribution in [2.45, 2.75) is 32.6 Å². The minimum Gasteiger partial charge on any atom is -0.374 e. The molecule has 0 saturated heterocycles. The molecule has 2 rings (SSSR count). The molecule has 1 saturated carbocycles. The molecule has 17 heavy (non-hydrogen) atoms. The van der Waals surface area contributed by atoms with Crippen LogP contribution in [0.5, 0.6) is 0 Å². The largest absolute Gasteiger partial charge is 0.374 e. The maximum atomic E-state index is 11.8. The molecule has 2 heteroatoms. The molecule has 0 N–H and O–H groups in total. The molecular weight excluding hydrogens is 210 g/mol. The minimum atomic E-state index is 0.245. The van der Waals surface area contributed by atoms with Gasteiger partial charge in [-0.1, -0.05) is 18.6 Å². The summed E-state index contributed by atoms with van der Waals surface area (Å²) in [5.74, 6) is 0.699. The number of carbonyl (C=O) groups excluding carboxylic acids is 1. The maximum absolute atomic E-state index is 11.8. The number of hydrogen-bond donors (Lipinski definition) is 0. The smallest absolute Gasteiger partial charge is 0.137 e. The van der Waals surface area contributed by atoms with Crippen LogP contribution in [0.3, 0.4) is 0 Å². The number of carbonyl (C=O) groups is 1. The second-order valence-electron chi connectivity index (χ2n) is 5.13. The molecule has 0 spiro atoms. The minimum absolute atomic E-state index is 0.245. The van der Waals surface area contributed by atoms with Gasteiger partial charge in [0.05, 0.1) is 0 Å². The van der Waals surface area contributed by atoms with Crippen LogP contribution < -0.4 is 4.90 Å². The first-order valence-corrected chi connectivity index (χ1v) is 6.47. The first-order valence-electron chi connectivity index (χ1n) is 6.47. The topological polar surface area (TPSA) is 20.3 Å². The lowest BCUT2D eigenvalue weighted by molar-refractivity contribution is -0.124. The fourth-order valence-corrected chi connectivity index (χ4v) is 2.55. The normalized spacial score (nSPS) is 20.4. The molecule has 1 aliphatic carbocycles. The summed E-state index contributed by atoms with van der Waals surface area (Å²) in [6.07, 6.45) is 4.14. The summed E-state index contributed by atoms with van der Waals surface area (Å²) in [5.41, 5.74) is 2.48. The molecular formula is C15H21NO. The van der Waals surface area contributed by atoms with Crippen molar-refractivity contribution in [3.8, 4) is 0 Å². The van der Waals surface area contributed by atoms with Gasteiger partial charge in [0, 0.05) is 31.6 Å². The highest BCUT2D eigenvalue weighted by Gasteiger charge is 2.23. The Morgan fingerprint density at radius 3 is 2.88 bits per heavy atom. The van der Waals surface area contributed by atoms with E-state index in [9.17, 15) is 4.79 Å². The Hall–Kier alpha value is -1.31. The highest BCUT2D eigenvalue weighted by molar-refractivity contribution is 5.82. The summed E-state index contributed by atoms with van der Waals surface area (Å²) in [6.45, 7) is 2.96. The zero-order valence-corrected chi connectivity index (χ0v) is 10.8. The number of rotatable bonds is 3. The molecule has 1 aromatic carbocycles. The van der Waals surface area contributed by atoms with Crippen molar-refractivity contribution < 1.29 is 4.79 Å². The summed E-state index contributed by atoms with van der Waals surface area (Å²) in [7, 11) is 2.08. The van der Waals surface area contributed by atoms with Gasteiger partial charge in [-0.2, -0.15) is 0 Å². The van der Waals surface area contributed by atoms with Gasteiger partial charge in [0.25, 0.3) is 0 Å². The molecule has 1 aliphatic rings. The second-order valence-corrected chi connectivity index (χ2v) is 5.13. The third kappa shape index (κ3) is 3.09. The average molecular weight is 231 g/mol. The Labute approximate surface area is 104 Å². The Morgan fingerprint density at radius 2 is 2.18 bits per heavy atom. The summed E-state index contributed by atoms with van der Waals surface area (Å²) < 4.78 is 0. The molecule has 1 fully saturated rings. The molecule has 0 amide bonds. The Balaban J connectivity index is 2.00. The van der Waals surface area contributed by atoms with Gasteiger partial charge in [0.2, 0.25) is 0 Å². The summed E-state index contributed by atoms with van der Waals surface area (Å²) >= 11 is 0. The number of benzene rings is 1.